The molecule has 0 bridgehead atoms. The molecule has 2 aromatic carbocycles. The van der Waals surface area contributed by atoms with E-state index in [9.17, 15) is 18.0 Å². The summed E-state index contributed by atoms with van der Waals surface area (Å²) in [5, 5.41) is 11.0. The number of halogens is 1. The van der Waals surface area contributed by atoms with Crippen molar-refractivity contribution in [2.24, 2.45) is 14.1 Å². The second-order valence-electron chi connectivity index (χ2n) is 8.74. The molecule has 0 spiro atoms. The average Bonchev–Trinajstić information content (AvgIpc) is 3.36. The number of anilines is 1. The number of esters is 1. The van der Waals surface area contributed by atoms with Crippen LogP contribution in [0.5, 0.6) is 0 Å². The molecule has 5 rings (SSSR count). The summed E-state index contributed by atoms with van der Waals surface area (Å²) >= 11 is 3.41. The van der Waals surface area contributed by atoms with E-state index < -0.39 is 16.0 Å². The molecule has 196 valence electrons. The molecule has 37 heavy (non-hydrogen) atoms. The van der Waals surface area contributed by atoms with Crippen molar-refractivity contribution in [2.45, 2.75) is 19.8 Å². The predicted molar refractivity (Wildman–Crippen MR) is 147 cm³/mol. The highest BCUT2D eigenvalue weighted by Gasteiger charge is 2.26. The van der Waals surface area contributed by atoms with E-state index >= 15 is 0 Å². The Kier molecular flexibility index (Phi) is 7.65. The van der Waals surface area contributed by atoms with Gasteiger partial charge >= 0.3 is 11.9 Å². The zero-order chi connectivity index (χ0) is 26.9. The standard InChI is InChI=1S/C14H16N2O4S.C12H12BrNO2/c1-15-12-9-11(16-6-2-3-7-21(16,19)20)5-4-10(12)8-13(15)14(17)18;1-3-16-12(15)11-6-8-4-5-9(13)7-10(8)14(11)2/h4-5,8-9H,2-3,6-7H2,1H3,(H,17,18);4-7H,3H2,1-2H3. The number of hydrogen-bond acceptors (Lipinski definition) is 5. The van der Waals surface area contributed by atoms with Crippen molar-refractivity contribution in [3.63, 3.8) is 0 Å². The fourth-order valence-corrected chi connectivity index (χ4v) is 6.44. The molecule has 0 aliphatic carbocycles. The lowest BCUT2D eigenvalue weighted by Gasteiger charge is -2.28. The van der Waals surface area contributed by atoms with Crippen molar-refractivity contribution >= 4 is 65.4 Å². The van der Waals surface area contributed by atoms with E-state index in [-0.39, 0.29) is 17.4 Å². The van der Waals surface area contributed by atoms with E-state index in [0.717, 1.165) is 27.2 Å². The Hall–Kier alpha value is -3.31. The van der Waals surface area contributed by atoms with E-state index in [1.165, 1.54) is 4.31 Å². The van der Waals surface area contributed by atoms with Crippen LogP contribution in [0, 0.1) is 0 Å². The number of rotatable bonds is 4. The number of sulfonamides is 1. The van der Waals surface area contributed by atoms with Crippen LogP contribution < -0.4 is 4.31 Å². The number of carboxylic acid groups (broad SMARTS) is 1. The van der Waals surface area contributed by atoms with Crippen molar-refractivity contribution in [3.8, 4) is 0 Å². The second kappa shape index (κ2) is 10.6. The van der Waals surface area contributed by atoms with Gasteiger partial charge in [0.15, 0.2) is 0 Å². The van der Waals surface area contributed by atoms with Gasteiger partial charge in [-0.25, -0.2) is 18.0 Å². The monoisotopic (exact) mass is 589 g/mol. The van der Waals surface area contributed by atoms with Crippen LogP contribution in [-0.2, 0) is 28.9 Å². The number of nitrogens with zero attached hydrogens (tertiary/aromatic N) is 3. The Bertz CT molecular complexity index is 1610. The number of carboxylic acids is 1. The quantitative estimate of drug-likeness (QED) is 0.338. The maximum atomic E-state index is 12.1. The highest BCUT2D eigenvalue weighted by molar-refractivity contribution is 9.10. The third-order valence-corrected chi connectivity index (χ3v) is 8.74. The van der Waals surface area contributed by atoms with Gasteiger partial charge in [-0.15, -0.1) is 0 Å². The predicted octanol–water partition coefficient (Wildman–Crippen LogP) is 4.92. The number of hydrogen-bond donors (Lipinski definition) is 1. The molecule has 3 heterocycles. The molecule has 1 fully saturated rings. The van der Waals surface area contributed by atoms with E-state index in [0.29, 0.717) is 36.5 Å². The Morgan fingerprint density at radius 3 is 2.22 bits per heavy atom. The first-order chi connectivity index (χ1) is 17.5. The average molecular weight is 590 g/mol. The largest absolute Gasteiger partial charge is 0.477 e. The van der Waals surface area contributed by atoms with Crippen LogP contribution >= 0.6 is 15.9 Å². The summed E-state index contributed by atoms with van der Waals surface area (Å²) < 4.78 is 35.1. The summed E-state index contributed by atoms with van der Waals surface area (Å²) in [5.41, 5.74) is 3.09. The Labute approximate surface area is 223 Å². The van der Waals surface area contributed by atoms with E-state index in [1.54, 1.807) is 42.8 Å². The number of fused-ring (bicyclic) bond motifs is 2. The molecule has 1 aliphatic rings. The molecule has 1 N–H and O–H groups in total. The van der Waals surface area contributed by atoms with Crippen LogP contribution in [0.3, 0.4) is 0 Å². The molecule has 0 saturated carbocycles. The SMILES string of the molecule is CCOC(=O)c1cc2ccc(Br)cc2n1C.Cn1c(C(=O)O)cc2ccc(N3CCCCS3(=O)=O)cc21. The van der Waals surface area contributed by atoms with Crippen LogP contribution in [0.1, 0.15) is 40.7 Å². The summed E-state index contributed by atoms with van der Waals surface area (Å²) in [6.07, 6.45) is 1.53. The molecule has 0 unspecified atom stereocenters. The van der Waals surface area contributed by atoms with Gasteiger partial charge in [0.1, 0.15) is 11.4 Å². The molecule has 11 heteroatoms. The van der Waals surface area contributed by atoms with E-state index in [2.05, 4.69) is 15.9 Å². The van der Waals surface area contributed by atoms with Crippen LogP contribution in [0.4, 0.5) is 5.69 Å². The smallest absolute Gasteiger partial charge is 0.354 e. The highest BCUT2D eigenvalue weighted by atomic mass is 79.9. The van der Waals surface area contributed by atoms with Crippen molar-refractivity contribution in [1.82, 2.24) is 9.13 Å². The number of carbonyl (C=O) groups excluding carboxylic acids is 1. The zero-order valence-corrected chi connectivity index (χ0v) is 23.2. The number of aryl methyl sites for hydroxylation is 2. The molecule has 2 aromatic heterocycles. The van der Waals surface area contributed by atoms with E-state index in [1.807, 2.05) is 35.9 Å². The summed E-state index contributed by atoms with van der Waals surface area (Å²) in [6.45, 7) is 2.67. The second-order valence-corrected chi connectivity index (χ2v) is 11.7. The summed E-state index contributed by atoms with van der Waals surface area (Å²) in [7, 11) is 0.269. The van der Waals surface area contributed by atoms with Gasteiger partial charge in [0.25, 0.3) is 0 Å². The lowest BCUT2D eigenvalue weighted by atomic mass is 10.2. The van der Waals surface area contributed by atoms with Gasteiger partial charge in [-0.05, 0) is 56.2 Å². The Balaban J connectivity index is 0.000000180. The van der Waals surface area contributed by atoms with Crippen molar-refractivity contribution in [2.75, 3.05) is 23.2 Å². The van der Waals surface area contributed by atoms with Gasteiger partial charge in [0.2, 0.25) is 10.0 Å². The number of benzene rings is 2. The van der Waals surface area contributed by atoms with Crippen LogP contribution in [0.15, 0.2) is 53.0 Å². The first kappa shape index (κ1) is 26.7. The summed E-state index contributed by atoms with van der Waals surface area (Å²) in [4.78, 5) is 22.8. The normalized spacial score (nSPS) is 14.9. The molecular formula is C26H28BrN3O6S. The molecule has 0 amide bonds. The van der Waals surface area contributed by atoms with Gasteiger partial charge in [-0.3, -0.25) is 4.31 Å². The maximum Gasteiger partial charge on any atom is 0.354 e. The molecule has 0 atom stereocenters. The Morgan fingerprint density at radius 1 is 0.946 bits per heavy atom. The molecule has 9 nitrogen and oxygen atoms in total. The zero-order valence-electron chi connectivity index (χ0n) is 20.8. The van der Waals surface area contributed by atoms with Crippen LogP contribution in [0.25, 0.3) is 21.8 Å². The summed E-state index contributed by atoms with van der Waals surface area (Å²) in [5.74, 6) is -1.11. The Morgan fingerprint density at radius 2 is 1.57 bits per heavy atom. The van der Waals surface area contributed by atoms with E-state index in [4.69, 9.17) is 9.84 Å². The van der Waals surface area contributed by atoms with Crippen LogP contribution in [-0.4, -0.2) is 53.5 Å². The third-order valence-electron chi connectivity index (χ3n) is 6.38. The molecule has 0 radical (unpaired) electrons. The number of aromatic carboxylic acids is 1. The minimum Gasteiger partial charge on any atom is -0.477 e. The van der Waals surface area contributed by atoms with Crippen molar-refractivity contribution in [3.05, 3.63) is 64.4 Å². The summed E-state index contributed by atoms with van der Waals surface area (Å²) in [6, 6.07) is 14.6. The lowest BCUT2D eigenvalue weighted by molar-refractivity contribution is 0.0515. The third kappa shape index (κ3) is 5.37. The fourth-order valence-electron chi connectivity index (χ4n) is 4.46. The molecule has 4 aromatic rings. The molecule has 1 saturated heterocycles. The van der Waals surface area contributed by atoms with Gasteiger partial charge in [-0.2, -0.15) is 0 Å². The molecule has 1 aliphatic heterocycles. The van der Waals surface area contributed by atoms with Crippen molar-refractivity contribution < 1.29 is 27.9 Å². The molecular weight excluding hydrogens is 562 g/mol. The van der Waals surface area contributed by atoms with Gasteiger partial charge in [-0.1, -0.05) is 28.1 Å². The number of aromatic nitrogens is 2. The highest BCUT2D eigenvalue weighted by Crippen LogP contribution is 2.29. The maximum absolute atomic E-state index is 12.1. The lowest BCUT2D eigenvalue weighted by Crippen LogP contribution is -2.37. The minimum atomic E-state index is -3.26. The topological polar surface area (TPSA) is 111 Å². The fraction of sp³-hybridized carbons (Fsp3) is 0.308. The number of ether oxygens (including phenoxy) is 1. The minimum absolute atomic E-state index is 0.165. The van der Waals surface area contributed by atoms with Gasteiger partial charge in [0.05, 0.1) is 23.6 Å². The van der Waals surface area contributed by atoms with Gasteiger partial charge < -0.3 is 19.0 Å². The number of carbonyl (C=O) groups is 2. The van der Waals surface area contributed by atoms with Gasteiger partial charge in [0, 0.05) is 41.4 Å². The first-order valence-corrected chi connectivity index (χ1v) is 14.2. The van der Waals surface area contributed by atoms with Crippen molar-refractivity contribution in [1.29, 1.82) is 0 Å². The first-order valence-electron chi connectivity index (χ1n) is 11.8. The van der Waals surface area contributed by atoms with Crippen LogP contribution in [0.2, 0.25) is 0 Å².